The van der Waals surface area contributed by atoms with Crippen LogP contribution in [0.15, 0.2) is 36.4 Å². The Hall–Kier alpha value is -3.54. The second-order valence-corrected chi connectivity index (χ2v) is 6.00. The highest BCUT2D eigenvalue weighted by Gasteiger charge is 2.13. The lowest BCUT2D eigenvalue weighted by Crippen LogP contribution is -2.02. The van der Waals surface area contributed by atoms with Crippen LogP contribution in [-0.4, -0.2) is 0 Å². The monoisotopic (exact) mass is 318 g/mol. The lowest BCUT2D eigenvalue weighted by Gasteiger charge is -2.14. The van der Waals surface area contributed by atoms with Crippen molar-refractivity contribution in [3.63, 3.8) is 0 Å². The van der Waals surface area contributed by atoms with E-state index in [1.165, 1.54) is 0 Å². The zero-order valence-electron chi connectivity index (χ0n) is 12.9. The van der Waals surface area contributed by atoms with Crippen molar-refractivity contribution in [1.29, 1.82) is 0 Å². The van der Waals surface area contributed by atoms with Crippen molar-refractivity contribution >= 4 is 66.4 Å². The van der Waals surface area contributed by atoms with Gasteiger partial charge < -0.3 is 34.4 Å². The van der Waals surface area contributed by atoms with E-state index in [-0.39, 0.29) is 0 Å². The molecule has 0 heterocycles. The fourth-order valence-corrected chi connectivity index (χ4v) is 3.30. The Labute approximate surface area is 138 Å². The Morgan fingerprint density at radius 3 is 1.08 bits per heavy atom. The summed E-state index contributed by atoms with van der Waals surface area (Å²) in [5.74, 6) is 0. The zero-order chi connectivity index (χ0) is 17.2. The van der Waals surface area contributed by atoms with Crippen LogP contribution < -0.4 is 34.4 Å². The van der Waals surface area contributed by atoms with Gasteiger partial charge in [-0.05, 0) is 33.7 Å². The molecule has 0 saturated carbocycles. The fourth-order valence-electron chi connectivity index (χ4n) is 3.30. The second-order valence-electron chi connectivity index (χ2n) is 6.00. The van der Waals surface area contributed by atoms with Gasteiger partial charge in [0.05, 0.1) is 34.1 Å². The van der Waals surface area contributed by atoms with Crippen molar-refractivity contribution in [2.24, 2.45) is 0 Å². The van der Waals surface area contributed by atoms with Crippen LogP contribution in [0.5, 0.6) is 0 Å². The van der Waals surface area contributed by atoms with Gasteiger partial charge >= 0.3 is 0 Å². The number of benzene rings is 4. The lowest BCUT2D eigenvalue weighted by atomic mass is 9.94. The third kappa shape index (κ3) is 1.65. The quantitative estimate of drug-likeness (QED) is 0.216. The summed E-state index contributed by atoms with van der Waals surface area (Å²) in [6, 6.07) is 11.5. The first-order valence-electron chi connectivity index (χ1n) is 7.46. The van der Waals surface area contributed by atoms with Crippen LogP contribution in [0, 0.1) is 0 Å². The maximum Gasteiger partial charge on any atom is 0.0787 e. The zero-order valence-corrected chi connectivity index (χ0v) is 12.9. The van der Waals surface area contributed by atoms with Crippen molar-refractivity contribution in [1.82, 2.24) is 0 Å². The molecule has 4 aromatic rings. The van der Waals surface area contributed by atoms with E-state index in [9.17, 15) is 0 Å². The van der Waals surface area contributed by atoms with Gasteiger partial charge in [0.1, 0.15) is 0 Å². The number of hydrogen-bond acceptors (Lipinski definition) is 6. The molecule has 4 aromatic carbocycles. The van der Waals surface area contributed by atoms with Crippen molar-refractivity contribution in [3.8, 4) is 0 Å². The summed E-state index contributed by atoms with van der Waals surface area (Å²) < 4.78 is 0. The minimum absolute atomic E-state index is 0.406. The number of nitrogen functional groups attached to an aromatic ring is 6. The third-order valence-electron chi connectivity index (χ3n) is 4.67. The maximum atomic E-state index is 6.13. The molecule has 0 amide bonds. The lowest BCUT2D eigenvalue weighted by molar-refractivity contribution is 1.69. The van der Waals surface area contributed by atoms with E-state index in [4.69, 9.17) is 34.4 Å². The van der Waals surface area contributed by atoms with E-state index in [1.807, 2.05) is 36.4 Å². The molecule has 6 heteroatoms. The van der Waals surface area contributed by atoms with Crippen molar-refractivity contribution in [3.05, 3.63) is 36.4 Å². The highest BCUT2D eigenvalue weighted by molar-refractivity contribution is 6.23. The summed E-state index contributed by atoms with van der Waals surface area (Å²) in [4.78, 5) is 0. The molecule has 6 nitrogen and oxygen atoms in total. The van der Waals surface area contributed by atoms with Gasteiger partial charge in [-0.1, -0.05) is 24.3 Å². The highest BCUT2D eigenvalue weighted by Crippen LogP contribution is 2.41. The Morgan fingerprint density at radius 1 is 0.375 bits per heavy atom. The Bertz CT molecular complexity index is 1070. The minimum atomic E-state index is 0.406. The van der Waals surface area contributed by atoms with Crippen LogP contribution in [0.2, 0.25) is 0 Å². The highest BCUT2D eigenvalue weighted by atomic mass is 14.7. The van der Waals surface area contributed by atoms with Crippen molar-refractivity contribution < 1.29 is 0 Å². The number of fused-ring (bicyclic) bond motifs is 5. The second kappa shape index (κ2) is 4.48. The average Bonchev–Trinajstić information content (AvgIpc) is 2.57. The summed E-state index contributed by atoms with van der Waals surface area (Å²) >= 11 is 0. The van der Waals surface area contributed by atoms with Crippen LogP contribution >= 0.6 is 0 Å². The summed E-state index contributed by atoms with van der Waals surface area (Å²) in [6.07, 6.45) is 0. The number of nitrogens with two attached hydrogens (primary N) is 6. The van der Waals surface area contributed by atoms with Gasteiger partial charge in [-0.15, -0.1) is 0 Å². The molecule has 0 aromatic heterocycles. The molecule has 0 bridgehead atoms. The van der Waals surface area contributed by atoms with Crippen LogP contribution in [0.4, 0.5) is 34.1 Å². The SMILES string of the molecule is Nc1cc2c(ccc3c4cc(N)c(N)c(N)c4ccc23)c(N)c1N. The molecule has 4 rings (SSSR count). The van der Waals surface area contributed by atoms with Gasteiger partial charge in [0.25, 0.3) is 0 Å². The Morgan fingerprint density at radius 2 is 0.708 bits per heavy atom. The standard InChI is InChI=1S/C18H18N6/c19-13-5-11-7-1-3-9-12(6-14(20)17(23)15(9)21)8(7)2-4-10(11)16(22)18(13)24/h1-6H,19-24H2. The first-order chi connectivity index (χ1) is 11.4. The minimum Gasteiger partial charge on any atom is -0.397 e. The van der Waals surface area contributed by atoms with Gasteiger partial charge in [-0.2, -0.15) is 0 Å². The first kappa shape index (κ1) is 14.1. The van der Waals surface area contributed by atoms with Crippen LogP contribution in [0.3, 0.4) is 0 Å². The number of rotatable bonds is 0. The number of hydrogen-bond donors (Lipinski definition) is 6. The van der Waals surface area contributed by atoms with Gasteiger partial charge in [0.2, 0.25) is 0 Å². The summed E-state index contributed by atoms with van der Waals surface area (Å²) in [5, 5.41) is 5.61. The van der Waals surface area contributed by atoms with Crippen molar-refractivity contribution in [2.45, 2.75) is 0 Å². The van der Waals surface area contributed by atoms with Gasteiger partial charge in [-0.25, -0.2) is 0 Å². The fraction of sp³-hybridized carbons (Fsp3) is 0. The Balaban J connectivity index is 2.25. The van der Waals surface area contributed by atoms with Gasteiger partial charge in [0, 0.05) is 10.8 Å². The van der Waals surface area contributed by atoms with E-state index >= 15 is 0 Å². The van der Waals surface area contributed by atoms with Crippen LogP contribution in [0.1, 0.15) is 0 Å². The molecule has 0 aliphatic rings. The number of anilines is 6. The Kier molecular flexibility index (Phi) is 2.63. The molecule has 0 atom stereocenters. The molecule has 12 N–H and O–H groups in total. The molecule has 0 spiro atoms. The van der Waals surface area contributed by atoms with Crippen LogP contribution in [0.25, 0.3) is 32.3 Å². The van der Waals surface area contributed by atoms with E-state index in [2.05, 4.69) is 0 Å². The molecule has 0 fully saturated rings. The normalized spacial score (nSPS) is 11.5. The van der Waals surface area contributed by atoms with Gasteiger partial charge in [-0.3, -0.25) is 0 Å². The molecule has 0 aliphatic heterocycles. The van der Waals surface area contributed by atoms with Gasteiger partial charge in [0.15, 0.2) is 0 Å². The van der Waals surface area contributed by atoms with E-state index in [1.54, 1.807) is 0 Å². The molecular formula is C18H18N6. The molecular weight excluding hydrogens is 300 g/mol. The molecule has 0 radical (unpaired) electrons. The summed E-state index contributed by atoms with van der Waals surface area (Å²) in [6.45, 7) is 0. The topological polar surface area (TPSA) is 156 Å². The summed E-state index contributed by atoms with van der Waals surface area (Å²) in [5.41, 5.74) is 38.9. The molecule has 24 heavy (non-hydrogen) atoms. The van der Waals surface area contributed by atoms with E-state index < -0.39 is 0 Å². The smallest absolute Gasteiger partial charge is 0.0787 e. The molecule has 0 saturated heterocycles. The predicted octanol–water partition coefficient (Wildman–Crippen LogP) is 2.64. The average molecular weight is 318 g/mol. The first-order valence-corrected chi connectivity index (χ1v) is 7.46. The molecule has 0 unspecified atom stereocenters. The summed E-state index contributed by atoms with van der Waals surface area (Å²) in [7, 11) is 0. The molecule has 120 valence electrons. The van der Waals surface area contributed by atoms with Crippen molar-refractivity contribution in [2.75, 3.05) is 34.4 Å². The van der Waals surface area contributed by atoms with E-state index in [0.29, 0.717) is 34.1 Å². The maximum absolute atomic E-state index is 6.13. The van der Waals surface area contributed by atoms with Crippen LogP contribution in [-0.2, 0) is 0 Å². The largest absolute Gasteiger partial charge is 0.397 e. The molecule has 0 aliphatic carbocycles. The predicted molar refractivity (Wildman–Crippen MR) is 105 cm³/mol. The van der Waals surface area contributed by atoms with E-state index in [0.717, 1.165) is 32.3 Å². The third-order valence-corrected chi connectivity index (χ3v) is 4.67.